The Hall–Kier alpha value is -3.71. The largest absolute Gasteiger partial charge is 0.463 e. The minimum atomic E-state index is -1.33. The van der Waals surface area contributed by atoms with Crippen LogP contribution in [0.5, 0.6) is 0 Å². The second kappa shape index (κ2) is 12.9. The molecule has 2 heterocycles. The zero-order chi connectivity index (χ0) is 28.9. The Kier molecular flexibility index (Phi) is 9.86. The number of thioether (sulfide) groups is 1. The van der Waals surface area contributed by atoms with E-state index in [1.807, 2.05) is 0 Å². The van der Waals surface area contributed by atoms with E-state index in [2.05, 4.69) is 4.99 Å². The number of esters is 4. The Morgan fingerprint density at radius 1 is 0.846 bits per heavy atom. The molecular weight excluding hydrogens is 532 g/mol. The first-order chi connectivity index (χ1) is 18.4. The van der Waals surface area contributed by atoms with Gasteiger partial charge < -0.3 is 23.7 Å². The van der Waals surface area contributed by atoms with Crippen LogP contribution in [-0.2, 0) is 47.7 Å². The van der Waals surface area contributed by atoms with Gasteiger partial charge in [-0.15, -0.1) is 0 Å². The van der Waals surface area contributed by atoms with E-state index in [0.717, 1.165) is 32.5 Å². The molecule has 1 fully saturated rings. The summed E-state index contributed by atoms with van der Waals surface area (Å²) in [5.74, 6) is -3.17. The number of amidine groups is 1. The van der Waals surface area contributed by atoms with Crippen molar-refractivity contribution in [3.8, 4) is 0 Å². The number of hydrogen-bond donors (Lipinski definition) is 0. The molecule has 0 spiro atoms. The Labute approximate surface area is 229 Å². The smallest absolute Gasteiger partial charge is 0.303 e. The van der Waals surface area contributed by atoms with Gasteiger partial charge in [0.2, 0.25) is 0 Å². The summed E-state index contributed by atoms with van der Waals surface area (Å²) in [7, 11) is 0. The fourth-order valence-electron chi connectivity index (χ4n) is 3.98. The van der Waals surface area contributed by atoms with Crippen molar-refractivity contribution in [1.29, 1.82) is 0 Å². The molecule has 0 aromatic heterocycles. The number of carbonyl (C=O) groups excluding carboxylic acids is 5. The molecule has 0 unspecified atom stereocenters. The number of rotatable bonds is 7. The zero-order valence-electron chi connectivity index (χ0n) is 22.4. The maximum Gasteiger partial charge on any atom is 0.303 e. The number of aliphatic imine (C=N–C) groups is 1. The Balaban J connectivity index is 2.08. The van der Waals surface area contributed by atoms with Crippen molar-refractivity contribution in [2.45, 2.75) is 71.4 Å². The normalized spacial score (nSPS) is 24.5. The molecule has 13 heteroatoms. The molecule has 12 nitrogen and oxygen atoms in total. The van der Waals surface area contributed by atoms with Gasteiger partial charge >= 0.3 is 23.9 Å². The highest BCUT2D eigenvalue weighted by molar-refractivity contribution is 8.14. The third kappa shape index (κ3) is 7.45. The number of nitrogens with zero attached hydrogens (tertiary/aromatic N) is 2. The average Bonchev–Trinajstić information content (AvgIpc) is 3.17. The number of para-hydroxylation sites is 1. The van der Waals surface area contributed by atoms with Crippen molar-refractivity contribution in [3.05, 3.63) is 41.6 Å². The first-order valence-electron chi connectivity index (χ1n) is 12.0. The molecule has 3 rings (SSSR count). The summed E-state index contributed by atoms with van der Waals surface area (Å²) in [6.07, 6.45) is -5.01. The highest BCUT2D eigenvalue weighted by Gasteiger charge is 2.53. The molecule has 1 aromatic rings. The van der Waals surface area contributed by atoms with Gasteiger partial charge in [-0.1, -0.05) is 30.0 Å². The quantitative estimate of drug-likeness (QED) is 0.274. The molecule has 1 amide bonds. The van der Waals surface area contributed by atoms with Crippen LogP contribution < -0.4 is 4.90 Å². The maximum atomic E-state index is 13.3. The molecule has 1 saturated heterocycles. The molecule has 0 radical (unpaired) electrons. The number of ether oxygens (including phenoxy) is 5. The third-order valence-corrected chi connectivity index (χ3v) is 6.56. The number of allylic oxidation sites excluding steroid dienone is 1. The van der Waals surface area contributed by atoms with E-state index >= 15 is 0 Å². The number of carbonyl (C=O) groups is 5. The number of anilines is 1. The van der Waals surface area contributed by atoms with Gasteiger partial charge in [-0.25, -0.2) is 4.99 Å². The molecule has 0 saturated carbocycles. The minimum Gasteiger partial charge on any atom is -0.463 e. The number of amides is 1. The van der Waals surface area contributed by atoms with Gasteiger partial charge in [0.1, 0.15) is 18.4 Å². The summed E-state index contributed by atoms with van der Waals surface area (Å²) in [6.45, 7) is 7.79. The van der Waals surface area contributed by atoms with Crippen LogP contribution in [0.1, 0.15) is 41.5 Å². The maximum absolute atomic E-state index is 13.3. The Bertz CT molecular complexity index is 1190. The summed E-state index contributed by atoms with van der Waals surface area (Å²) in [5, 5.41) is 0.211. The lowest BCUT2D eigenvalue weighted by Gasteiger charge is -2.44. The minimum absolute atomic E-state index is 0.211. The van der Waals surface area contributed by atoms with E-state index in [4.69, 9.17) is 23.7 Å². The fourth-order valence-corrected chi connectivity index (χ4v) is 5.17. The van der Waals surface area contributed by atoms with E-state index in [-0.39, 0.29) is 23.4 Å². The highest BCUT2D eigenvalue weighted by Crippen LogP contribution is 2.38. The van der Waals surface area contributed by atoms with Gasteiger partial charge in [0.15, 0.2) is 28.9 Å². The monoisotopic (exact) mass is 562 g/mol. The van der Waals surface area contributed by atoms with Gasteiger partial charge in [0, 0.05) is 27.7 Å². The predicted molar refractivity (Wildman–Crippen MR) is 139 cm³/mol. The SMILES string of the molecule is CC(=O)OC[C@@H]1O[C@H](SC2=NC(=C(C)C)C(=O)N2c2ccccc2)[C@H](OC(C)=O)[C@@H](OC(C)=O)[C@@H]1OC(C)=O. The molecule has 0 aliphatic carbocycles. The highest BCUT2D eigenvalue weighted by atomic mass is 32.2. The van der Waals surface area contributed by atoms with E-state index in [1.54, 1.807) is 44.2 Å². The van der Waals surface area contributed by atoms with Gasteiger partial charge in [-0.3, -0.25) is 28.9 Å². The van der Waals surface area contributed by atoms with Gasteiger partial charge in [0.25, 0.3) is 5.91 Å². The predicted octanol–water partition coefficient (Wildman–Crippen LogP) is 2.50. The second-order valence-corrected chi connectivity index (χ2v) is 9.97. The summed E-state index contributed by atoms with van der Waals surface area (Å²) >= 11 is 0.945. The van der Waals surface area contributed by atoms with Crippen LogP contribution in [-0.4, -0.2) is 71.4 Å². The fraction of sp³-hybridized carbons (Fsp3) is 0.462. The van der Waals surface area contributed by atoms with Crippen molar-refractivity contribution in [2.75, 3.05) is 11.5 Å². The van der Waals surface area contributed by atoms with Crippen LogP contribution in [0.15, 0.2) is 46.6 Å². The van der Waals surface area contributed by atoms with Gasteiger partial charge in [-0.05, 0) is 31.6 Å². The number of hydrogen-bond acceptors (Lipinski definition) is 12. The third-order valence-electron chi connectivity index (χ3n) is 5.46. The molecular formula is C26H30N2O10S. The van der Waals surface area contributed by atoms with Crippen molar-refractivity contribution in [3.63, 3.8) is 0 Å². The molecule has 1 aromatic carbocycles. The van der Waals surface area contributed by atoms with Crippen LogP contribution in [0.4, 0.5) is 5.69 Å². The standard InChI is InChI=1S/C26H30N2O10S/c1-13(2)20-24(33)28(18-10-8-7-9-11-18)26(27-20)39-25-23(37-17(6)32)22(36-16(5)31)21(35-15(4)30)19(38-25)12-34-14(3)29/h7-11,19,21-23,25H,12H2,1-6H3/t19-,21+,22-,23+,25+/m0/s1. The first kappa shape index (κ1) is 29.8. The Morgan fingerprint density at radius 2 is 1.41 bits per heavy atom. The molecule has 0 N–H and O–H groups in total. The lowest BCUT2D eigenvalue weighted by molar-refractivity contribution is -0.237. The molecule has 210 valence electrons. The van der Waals surface area contributed by atoms with Crippen molar-refractivity contribution >= 4 is 52.4 Å². The van der Waals surface area contributed by atoms with Crippen molar-refractivity contribution < 1.29 is 47.7 Å². The van der Waals surface area contributed by atoms with E-state index in [1.165, 1.54) is 11.8 Å². The summed E-state index contributed by atoms with van der Waals surface area (Å²) in [4.78, 5) is 66.9. The van der Waals surface area contributed by atoms with Crippen molar-refractivity contribution in [1.82, 2.24) is 0 Å². The van der Waals surface area contributed by atoms with Crippen LogP contribution in [0, 0.1) is 0 Å². The number of benzene rings is 1. The van der Waals surface area contributed by atoms with E-state index < -0.39 is 53.7 Å². The van der Waals surface area contributed by atoms with Crippen LogP contribution in [0.3, 0.4) is 0 Å². The molecule has 5 atom stereocenters. The van der Waals surface area contributed by atoms with Crippen LogP contribution >= 0.6 is 11.8 Å². The molecule has 0 bridgehead atoms. The summed E-state index contributed by atoms with van der Waals surface area (Å²) < 4.78 is 27.7. The van der Waals surface area contributed by atoms with E-state index in [9.17, 15) is 24.0 Å². The van der Waals surface area contributed by atoms with Crippen molar-refractivity contribution in [2.24, 2.45) is 4.99 Å². The molecule has 2 aliphatic heterocycles. The van der Waals surface area contributed by atoms with E-state index in [0.29, 0.717) is 11.3 Å². The van der Waals surface area contributed by atoms with Crippen LogP contribution in [0.2, 0.25) is 0 Å². The topological polar surface area (TPSA) is 147 Å². The lowest BCUT2D eigenvalue weighted by atomic mass is 9.99. The summed E-state index contributed by atoms with van der Waals surface area (Å²) in [6, 6.07) is 8.79. The van der Waals surface area contributed by atoms with Gasteiger partial charge in [-0.2, -0.15) is 0 Å². The summed E-state index contributed by atoms with van der Waals surface area (Å²) in [5.41, 5.74) is 0.320. The van der Waals surface area contributed by atoms with Gasteiger partial charge in [0.05, 0.1) is 5.69 Å². The van der Waals surface area contributed by atoms with Crippen LogP contribution in [0.25, 0.3) is 0 Å². The zero-order valence-corrected chi connectivity index (χ0v) is 23.2. The molecule has 39 heavy (non-hydrogen) atoms. The lowest BCUT2D eigenvalue weighted by Crippen LogP contribution is -2.61. The molecule has 2 aliphatic rings. The second-order valence-electron chi connectivity index (χ2n) is 8.90. The average molecular weight is 563 g/mol. The Morgan fingerprint density at radius 3 is 1.95 bits per heavy atom. The first-order valence-corrected chi connectivity index (χ1v) is 12.9.